The molecular weight excluding hydrogens is 438 g/mol. The average molecular weight is 468 g/mol. The Balaban J connectivity index is 1.14. The van der Waals surface area contributed by atoms with Crippen LogP contribution in [0.5, 0.6) is 0 Å². The van der Waals surface area contributed by atoms with Gasteiger partial charge in [-0.1, -0.05) is 41.9 Å². The van der Waals surface area contributed by atoms with Crippen molar-refractivity contribution in [3.63, 3.8) is 0 Å². The summed E-state index contributed by atoms with van der Waals surface area (Å²) in [5, 5.41) is 3.89. The van der Waals surface area contributed by atoms with Gasteiger partial charge in [0.25, 0.3) is 0 Å². The summed E-state index contributed by atoms with van der Waals surface area (Å²) >= 11 is 6.07. The number of benzene rings is 2. The zero-order valence-corrected chi connectivity index (χ0v) is 19.5. The molecule has 2 aliphatic rings. The van der Waals surface area contributed by atoms with Gasteiger partial charge in [-0.3, -0.25) is 9.69 Å². The van der Waals surface area contributed by atoms with Crippen LogP contribution in [0, 0.1) is 0 Å². The second-order valence-electron chi connectivity index (χ2n) is 9.25. The van der Waals surface area contributed by atoms with E-state index in [-0.39, 0.29) is 17.2 Å². The van der Waals surface area contributed by atoms with Gasteiger partial charge in [0.15, 0.2) is 11.5 Å². The Morgan fingerprint density at radius 1 is 1.12 bits per heavy atom. The highest BCUT2D eigenvalue weighted by Gasteiger charge is 2.35. The third kappa shape index (κ3) is 5.08. The monoisotopic (exact) mass is 467 g/mol. The molecule has 0 spiro atoms. The fraction of sp³-hybridized carbons (Fsp3) is 0.462. The molecule has 7 heteroatoms. The number of nitrogens with one attached hydrogen (secondary N) is 1. The van der Waals surface area contributed by atoms with Crippen LogP contribution in [0.4, 0.5) is 0 Å². The number of rotatable bonds is 6. The van der Waals surface area contributed by atoms with Crippen molar-refractivity contribution >= 4 is 28.6 Å². The van der Waals surface area contributed by atoms with Crippen molar-refractivity contribution < 1.29 is 13.9 Å². The molecule has 33 heavy (non-hydrogen) atoms. The highest BCUT2D eigenvalue weighted by Crippen LogP contribution is 2.34. The summed E-state index contributed by atoms with van der Waals surface area (Å²) in [6, 6.07) is 16.0. The van der Waals surface area contributed by atoms with Crippen LogP contribution in [0.15, 0.2) is 52.9 Å². The molecule has 0 aliphatic carbocycles. The van der Waals surface area contributed by atoms with Gasteiger partial charge < -0.3 is 14.5 Å². The largest absolute Gasteiger partial charge is 0.440 e. The van der Waals surface area contributed by atoms with Crippen LogP contribution in [-0.4, -0.2) is 55.2 Å². The Kier molecular flexibility index (Phi) is 6.67. The summed E-state index contributed by atoms with van der Waals surface area (Å²) in [5.74, 6) is 1.14. The molecule has 0 atom stereocenters. The Bertz CT molecular complexity index is 1090. The van der Waals surface area contributed by atoms with Crippen LogP contribution in [0.3, 0.4) is 0 Å². The second kappa shape index (κ2) is 9.84. The number of amides is 1. The Morgan fingerprint density at radius 3 is 2.64 bits per heavy atom. The van der Waals surface area contributed by atoms with Crippen molar-refractivity contribution in [2.45, 2.75) is 37.0 Å². The van der Waals surface area contributed by atoms with Crippen LogP contribution in [-0.2, 0) is 14.9 Å². The van der Waals surface area contributed by atoms with Gasteiger partial charge in [0, 0.05) is 36.1 Å². The molecule has 5 rings (SSSR count). The summed E-state index contributed by atoms with van der Waals surface area (Å²) in [6.07, 6.45) is 3.72. The van der Waals surface area contributed by atoms with Crippen molar-refractivity contribution in [1.29, 1.82) is 0 Å². The van der Waals surface area contributed by atoms with Crippen molar-refractivity contribution in [2.75, 3.05) is 39.4 Å². The lowest BCUT2D eigenvalue weighted by molar-refractivity contribution is -0.123. The molecule has 174 valence electrons. The number of halogens is 1. The van der Waals surface area contributed by atoms with E-state index in [1.54, 1.807) is 0 Å². The molecule has 1 amide bonds. The Labute approximate surface area is 199 Å². The molecule has 1 aromatic heterocycles. The maximum Gasteiger partial charge on any atom is 0.234 e. The van der Waals surface area contributed by atoms with E-state index >= 15 is 0 Å². The van der Waals surface area contributed by atoms with E-state index < -0.39 is 0 Å². The maximum atomic E-state index is 12.8. The fourth-order valence-corrected chi connectivity index (χ4v) is 5.25. The number of oxazole rings is 1. The fourth-order valence-electron chi connectivity index (χ4n) is 5.08. The summed E-state index contributed by atoms with van der Waals surface area (Å²) in [6.45, 7) is 4.27. The zero-order valence-electron chi connectivity index (χ0n) is 18.8. The normalized spacial score (nSPS) is 19.5. The van der Waals surface area contributed by atoms with Gasteiger partial charge in [-0.25, -0.2) is 4.98 Å². The molecule has 2 aliphatic heterocycles. The van der Waals surface area contributed by atoms with E-state index in [1.165, 1.54) is 5.56 Å². The van der Waals surface area contributed by atoms with E-state index in [1.807, 2.05) is 24.3 Å². The molecule has 3 aromatic rings. The van der Waals surface area contributed by atoms with E-state index in [0.717, 1.165) is 69.0 Å². The lowest BCUT2D eigenvalue weighted by Gasteiger charge is -2.38. The van der Waals surface area contributed by atoms with Crippen molar-refractivity contribution in [3.8, 4) is 0 Å². The molecule has 0 bridgehead atoms. The SMILES string of the molecule is O=C(CN1CCC(c2nc3cc(Cl)ccc3o2)CC1)NCC1(c2ccccc2)CCOCC1. The lowest BCUT2D eigenvalue weighted by Crippen LogP contribution is -2.47. The quantitative estimate of drug-likeness (QED) is 0.577. The molecule has 6 nitrogen and oxygen atoms in total. The highest BCUT2D eigenvalue weighted by molar-refractivity contribution is 6.31. The van der Waals surface area contributed by atoms with Gasteiger partial charge in [-0.05, 0) is 62.5 Å². The molecule has 2 saturated heterocycles. The average Bonchev–Trinajstić information content (AvgIpc) is 3.28. The van der Waals surface area contributed by atoms with Gasteiger partial charge in [-0.2, -0.15) is 0 Å². The summed E-state index contributed by atoms with van der Waals surface area (Å²) in [7, 11) is 0. The number of piperidine rings is 1. The van der Waals surface area contributed by atoms with Gasteiger partial charge >= 0.3 is 0 Å². The van der Waals surface area contributed by atoms with Gasteiger partial charge in [0.2, 0.25) is 5.91 Å². The third-order valence-corrected chi connectivity index (χ3v) is 7.37. The minimum absolute atomic E-state index is 0.0436. The molecule has 0 unspecified atom stereocenters. The van der Waals surface area contributed by atoms with Gasteiger partial charge in [0.05, 0.1) is 6.54 Å². The molecule has 1 N–H and O–H groups in total. The first-order chi connectivity index (χ1) is 16.1. The number of ether oxygens (including phenoxy) is 1. The van der Waals surface area contributed by atoms with Crippen LogP contribution < -0.4 is 5.32 Å². The number of likely N-dealkylation sites (tertiary alicyclic amines) is 1. The second-order valence-corrected chi connectivity index (χ2v) is 9.69. The molecule has 0 saturated carbocycles. The summed E-state index contributed by atoms with van der Waals surface area (Å²) in [5.41, 5.74) is 2.82. The van der Waals surface area contributed by atoms with Crippen molar-refractivity contribution in [2.24, 2.45) is 0 Å². The van der Waals surface area contributed by atoms with E-state index in [0.29, 0.717) is 18.1 Å². The first kappa shape index (κ1) is 22.4. The Morgan fingerprint density at radius 2 is 1.88 bits per heavy atom. The summed E-state index contributed by atoms with van der Waals surface area (Å²) < 4.78 is 11.6. The smallest absolute Gasteiger partial charge is 0.234 e. The number of hydrogen-bond acceptors (Lipinski definition) is 5. The minimum Gasteiger partial charge on any atom is -0.440 e. The number of nitrogens with zero attached hydrogens (tertiary/aromatic N) is 2. The van der Waals surface area contributed by atoms with Crippen LogP contribution >= 0.6 is 11.6 Å². The Hall–Kier alpha value is -2.41. The van der Waals surface area contributed by atoms with Crippen LogP contribution in [0.1, 0.15) is 43.1 Å². The molecule has 2 fully saturated rings. The topological polar surface area (TPSA) is 67.6 Å². The number of hydrogen-bond donors (Lipinski definition) is 1. The van der Waals surface area contributed by atoms with Gasteiger partial charge in [0.1, 0.15) is 5.52 Å². The van der Waals surface area contributed by atoms with E-state index in [2.05, 4.69) is 39.5 Å². The number of fused-ring (bicyclic) bond motifs is 1. The molecule has 0 radical (unpaired) electrons. The maximum absolute atomic E-state index is 12.8. The zero-order chi connectivity index (χ0) is 22.7. The number of carbonyl (C=O) groups is 1. The minimum atomic E-state index is -0.0436. The molecule has 3 heterocycles. The lowest BCUT2D eigenvalue weighted by atomic mass is 9.74. The van der Waals surface area contributed by atoms with E-state index in [4.69, 9.17) is 20.8 Å². The number of carbonyl (C=O) groups excluding carboxylic acids is 1. The molecular formula is C26H30ClN3O3. The predicted octanol–water partition coefficient (Wildman–Crippen LogP) is 4.53. The third-order valence-electron chi connectivity index (χ3n) is 7.13. The van der Waals surface area contributed by atoms with Gasteiger partial charge in [-0.15, -0.1) is 0 Å². The van der Waals surface area contributed by atoms with Crippen molar-refractivity contribution in [3.05, 3.63) is 65.0 Å². The predicted molar refractivity (Wildman–Crippen MR) is 129 cm³/mol. The standard InChI is InChI=1S/C26H30ClN3O3/c27-21-6-7-23-22(16-21)29-25(33-23)19-8-12-30(13-9-19)17-24(31)28-18-26(10-14-32-15-11-26)20-4-2-1-3-5-20/h1-7,16,19H,8-15,17-18H2,(H,28,31). The molecule has 2 aromatic carbocycles. The van der Waals surface area contributed by atoms with Crippen molar-refractivity contribution in [1.82, 2.24) is 15.2 Å². The first-order valence-corrected chi connectivity index (χ1v) is 12.2. The highest BCUT2D eigenvalue weighted by atomic mass is 35.5. The summed E-state index contributed by atoms with van der Waals surface area (Å²) in [4.78, 5) is 19.7. The first-order valence-electron chi connectivity index (χ1n) is 11.8. The van der Waals surface area contributed by atoms with Crippen LogP contribution in [0.25, 0.3) is 11.1 Å². The number of aromatic nitrogens is 1. The van der Waals surface area contributed by atoms with Crippen LogP contribution in [0.2, 0.25) is 5.02 Å². The van der Waals surface area contributed by atoms with E-state index in [9.17, 15) is 4.79 Å².